The lowest BCUT2D eigenvalue weighted by Gasteiger charge is -2.21. The quantitative estimate of drug-likeness (QED) is 0.538. The number of alkyl halides is 8. The van der Waals surface area contributed by atoms with E-state index in [4.69, 9.17) is 5.73 Å². The summed E-state index contributed by atoms with van der Waals surface area (Å²) in [6.07, 6.45) is -11.1. The number of hydrogen-bond donors (Lipinski definition) is 1. The largest absolute Gasteiger partial charge is 0.573 e. The van der Waals surface area contributed by atoms with Crippen molar-refractivity contribution >= 4 is 5.69 Å². The first kappa shape index (κ1) is 20.6. The molecule has 2 N–H and O–H groups in total. The van der Waals surface area contributed by atoms with Crippen LogP contribution in [0.15, 0.2) is 42.5 Å². The van der Waals surface area contributed by atoms with Crippen molar-refractivity contribution < 1.29 is 44.6 Å². The predicted octanol–water partition coefficient (Wildman–Crippen LogP) is 5.41. The fraction of sp³-hybridized carbons (Fsp3) is 0.250. The van der Waals surface area contributed by atoms with Crippen LogP contribution >= 0.6 is 0 Å². The minimum absolute atomic E-state index is 0.190. The van der Waals surface area contributed by atoms with Gasteiger partial charge in [0.1, 0.15) is 0 Å². The Morgan fingerprint density at radius 1 is 0.741 bits per heavy atom. The molecule has 0 saturated carbocycles. The van der Waals surface area contributed by atoms with Gasteiger partial charge in [0.15, 0.2) is 18.1 Å². The van der Waals surface area contributed by atoms with E-state index in [2.05, 4.69) is 9.47 Å². The van der Waals surface area contributed by atoms with E-state index in [0.717, 1.165) is 18.2 Å². The number of halogens is 8. The van der Waals surface area contributed by atoms with Crippen LogP contribution in [-0.4, -0.2) is 25.1 Å². The summed E-state index contributed by atoms with van der Waals surface area (Å²) in [6.45, 7) is -2.21. The summed E-state index contributed by atoms with van der Waals surface area (Å²) >= 11 is 0. The summed E-state index contributed by atoms with van der Waals surface area (Å²) in [5.41, 5.74) is 6.49. The molecule has 2 rings (SSSR count). The zero-order chi connectivity index (χ0) is 20.5. The molecule has 0 unspecified atom stereocenters. The van der Waals surface area contributed by atoms with Crippen LogP contribution in [0.3, 0.4) is 0 Å². The van der Waals surface area contributed by atoms with Crippen molar-refractivity contribution in [3.05, 3.63) is 42.5 Å². The number of anilines is 1. The van der Waals surface area contributed by atoms with Gasteiger partial charge in [-0.2, -0.15) is 22.0 Å². The third-order valence-corrected chi connectivity index (χ3v) is 3.24. The summed E-state index contributed by atoms with van der Waals surface area (Å²) < 4.78 is 108. The number of nitrogen functional groups attached to an aromatic ring is 1. The van der Waals surface area contributed by atoms with Gasteiger partial charge >= 0.3 is 18.5 Å². The first-order valence-electron chi connectivity index (χ1n) is 7.11. The third kappa shape index (κ3) is 5.38. The molecule has 11 heteroatoms. The van der Waals surface area contributed by atoms with Crippen LogP contribution in [-0.2, 0) is 0 Å². The maximum Gasteiger partial charge on any atom is 0.573 e. The van der Waals surface area contributed by atoms with Crippen LogP contribution in [0.1, 0.15) is 0 Å². The molecule has 0 heterocycles. The Bertz CT molecular complexity index is 784. The van der Waals surface area contributed by atoms with E-state index in [1.54, 1.807) is 0 Å². The molecule has 2 aromatic carbocycles. The smallest absolute Gasteiger partial charge is 0.483 e. The van der Waals surface area contributed by atoms with E-state index in [1.165, 1.54) is 24.3 Å². The van der Waals surface area contributed by atoms with Crippen LogP contribution in [0.5, 0.6) is 11.5 Å². The molecule has 0 atom stereocenters. The number of ether oxygens (including phenoxy) is 2. The van der Waals surface area contributed by atoms with Gasteiger partial charge in [0.05, 0.1) is 0 Å². The molecule has 0 saturated heterocycles. The van der Waals surface area contributed by atoms with E-state index in [9.17, 15) is 35.1 Å². The van der Waals surface area contributed by atoms with E-state index < -0.39 is 36.6 Å². The number of rotatable bonds is 5. The van der Waals surface area contributed by atoms with Gasteiger partial charge in [-0.1, -0.05) is 18.2 Å². The molecule has 0 aliphatic heterocycles. The monoisotopic (exact) mass is 401 g/mol. The van der Waals surface area contributed by atoms with Gasteiger partial charge in [0, 0.05) is 5.69 Å². The maximum absolute atomic E-state index is 13.0. The number of hydrogen-bond acceptors (Lipinski definition) is 3. The molecule has 0 aromatic heterocycles. The molecular formula is C16H11F8NO2. The fourth-order valence-corrected chi connectivity index (χ4v) is 1.94. The lowest BCUT2D eigenvalue weighted by atomic mass is 10.0. The third-order valence-electron chi connectivity index (χ3n) is 3.24. The molecule has 148 valence electrons. The van der Waals surface area contributed by atoms with E-state index >= 15 is 0 Å². The Kier molecular flexibility index (Phi) is 5.43. The topological polar surface area (TPSA) is 44.5 Å². The first-order valence-corrected chi connectivity index (χ1v) is 7.11. The Morgan fingerprint density at radius 3 is 1.81 bits per heavy atom. The van der Waals surface area contributed by atoms with Gasteiger partial charge in [0.2, 0.25) is 0 Å². The molecule has 0 radical (unpaired) electrons. The minimum Gasteiger partial charge on any atom is -0.483 e. The zero-order valence-corrected chi connectivity index (χ0v) is 13.2. The molecule has 0 spiro atoms. The second-order valence-electron chi connectivity index (χ2n) is 5.32. The van der Waals surface area contributed by atoms with E-state index in [1.807, 2.05) is 0 Å². The van der Waals surface area contributed by atoms with Crippen molar-refractivity contribution in [1.29, 1.82) is 0 Å². The molecule has 0 fully saturated rings. The van der Waals surface area contributed by atoms with Gasteiger partial charge in [0.25, 0.3) is 0 Å². The van der Waals surface area contributed by atoms with Crippen LogP contribution in [0, 0.1) is 0 Å². The maximum atomic E-state index is 13.0. The molecule has 0 amide bonds. The van der Waals surface area contributed by atoms with Crippen molar-refractivity contribution in [1.82, 2.24) is 0 Å². The molecule has 3 nitrogen and oxygen atoms in total. The SMILES string of the molecule is Nc1ccc(-c2ccc(OC(F)(F)F)c(OCC(F)(F)C(F)(F)F)c2)cc1. The average molecular weight is 401 g/mol. The van der Waals surface area contributed by atoms with Crippen molar-refractivity contribution in [3.8, 4) is 22.6 Å². The Labute approximate surface area is 147 Å². The first-order chi connectivity index (χ1) is 12.3. The van der Waals surface area contributed by atoms with Crippen LogP contribution < -0.4 is 15.2 Å². The van der Waals surface area contributed by atoms with Crippen molar-refractivity contribution in [3.63, 3.8) is 0 Å². The average Bonchev–Trinajstić information content (AvgIpc) is 2.52. The lowest BCUT2D eigenvalue weighted by molar-refractivity contribution is -0.291. The van der Waals surface area contributed by atoms with Gasteiger partial charge in [-0.25, -0.2) is 0 Å². The summed E-state index contributed by atoms with van der Waals surface area (Å²) in [4.78, 5) is 0. The molecule has 0 aliphatic carbocycles. The summed E-state index contributed by atoms with van der Waals surface area (Å²) in [5, 5.41) is 0. The van der Waals surface area contributed by atoms with Gasteiger partial charge in [-0.15, -0.1) is 13.2 Å². The molecular weight excluding hydrogens is 390 g/mol. The summed E-state index contributed by atoms with van der Waals surface area (Å²) in [5.74, 6) is -7.25. The van der Waals surface area contributed by atoms with Crippen molar-refractivity contribution in [2.24, 2.45) is 0 Å². The van der Waals surface area contributed by atoms with E-state index in [0.29, 0.717) is 11.3 Å². The predicted molar refractivity (Wildman–Crippen MR) is 79.5 cm³/mol. The standard InChI is InChI=1S/C16H11F8NO2/c17-14(18,15(19,20)21)8-26-13-7-10(9-1-4-11(25)5-2-9)3-6-12(13)27-16(22,23)24/h1-7H,8,25H2. The Balaban J connectivity index is 2.37. The highest BCUT2D eigenvalue weighted by molar-refractivity contribution is 5.68. The normalized spacial score (nSPS) is 12.7. The molecule has 2 aromatic rings. The molecule has 0 aliphatic rings. The number of nitrogens with two attached hydrogens (primary N) is 1. The van der Waals surface area contributed by atoms with Crippen LogP contribution in [0.25, 0.3) is 11.1 Å². The molecule has 27 heavy (non-hydrogen) atoms. The van der Waals surface area contributed by atoms with Crippen molar-refractivity contribution in [2.45, 2.75) is 18.5 Å². The number of benzene rings is 2. The van der Waals surface area contributed by atoms with Gasteiger partial charge in [-0.05, 0) is 35.4 Å². The zero-order valence-electron chi connectivity index (χ0n) is 13.2. The summed E-state index contributed by atoms with van der Waals surface area (Å²) in [6, 6.07) is 8.65. The van der Waals surface area contributed by atoms with Gasteiger partial charge in [-0.3, -0.25) is 0 Å². The van der Waals surface area contributed by atoms with Crippen molar-refractivity contribution in [2.75, 3.05) is 12.3 Å². The Hall–Kier alpha value is -2.72. The molecule has 0 bridgehead atoms. The minimum atomic E-state index is -5.92. The second-order valence-corrected chi connectivity index (χ2v) is 5.32. The highest BCUT2D eigenvalue weighted by atomic mass is 19.4. The van der Waals surface area contributed by atoms with E-state index in [-0.39, 0.29) is 5.56 Å². The van der Waals surface area contributed by atoms with Crippen LogP contribution in [0.4, 0.5) is 40.8 Å². The van der Waals surface area contributed by atoms with Gasteiger partial charge < -0.3 is 15.2 Å². The highest BCUT2D eigenvalue weighted by Gasteiger charge is 2.58. The summed E-state index contributed by atoms with van der Waals surface area (Å²) in [7, 11) is 0. The fourth-order valence-electron chi connectivity index (χ4n) is 1.94. The lowest BCUT2D eigenvalue weighted by Crippen LogP contribution is -2.41. The van der Waals surface area contributed by atoms with Crippen LogP contribution in [0.2, 0.25) is 0 Å². The Morgan fingerprint density at radius 2 is 1.30 bits per heavy atom. The highest BCUT2D eigenvalue weighted by Crippen LogP contribution is 2.39. The second kappa shape index (κ2) is 7.12.